The van der Waals surface area contributed by atoms with Crippen LogP contribution in [0.25, 0.3) is 0 Å². The van der Waals surface area contributed by atoms with Crippen molar-refractivity contribution in [2.75, 3.05) is 19.6 Å². The summed E-state index contributed by atoms with van der Waals surface area (Å²) in [6, 6.07) is -0.217. The first-order chi connectivity index (χ1) is 7.42. The molecule has 0 radical (unpaired) electrons. The van der Waals surface area contributed by atoms with Crippen LogP contribution in [-0.2, 0) is 4.79 Å². The molecule has 0 saturated carbocycles. The molecule has 1 saturated heterocycles. The van der Waals surface area contributed by atoms with Crippen LogP contribution in [0.2, 0.25) is 0 Å². The Morgan fingerprint density at radius 1 is 1.56 bits per heavy atom. The van der Waals surface area contributed by atoms with Gasteiger partial charge < -0.3 is 5.32 Å². The van der Waals surface area contributed by atoms with E-state index in [4.69, 9.17) is 0 Å². The van der Waals surface area contributed by atoms with Gasteiger partial charge in [0, 0.05) is 12.6 Å². The van der Waals surface area contributed by atoms with Gasteiger partial charge in [-0.2, -0.15) is 13.2 Å². The molecule has 1 aliphatic heterocycles. The Bertz CT molecular complexity index is 265. The summed E-state index contributed by atoms with van der Waals surface area (Å²) in [4.78, 5) is 12.3. The molecular formula is C10H15F3N2O. The molecule has 1 heterocycles. The Hall–Kier alpha value is -1.04. The first kappa shape index (κ1) is 13.0. The van der Waals surface area contributed by atoms with E-state index >= 15 is 0 Å². The predicted octanol–water partition coefficient (Wildman–Crippen LogP) is 1.32. The number of rotatable bonds is 4. The highest BCUT2D eigenvalue weighted by Gasteiger charge is 2.35. The van der Waals surface area contributed by atoms with Gasteiger partial charge in [-0.15, -0.1) is 0 Å². The van der Waals surface area contributed by atoms with E-state index in [2.05, 4.69) is 11.9 Å². The summed E-state index contributed by atoms with van der Waals surface area (Å²) in [7, 11) is 0. The summed E-state index contributed by atoms with van der Waals surface area (Å²) in [6.07, 6.45) is -1.63. The Morgan fingerprint density at radius 3 is 2.81 bits per heavy atom. The predicted molar refractivity (Wildman–Crippen MR) is 53.9 cm³/mol. The van der Waals surface area contributed by atoms with Crippen LogP contribution < -0.4 is 5.32 Å². The Balaban J connectivity index is 2.40. The fraction of sp³-hybridized carbons (Fsp3) is 0.700. The van der Waals surface area contributed by atoms with Gasteiger partial charge in [0.25, 0.3) is 0 Å². The Labute approximate surface area is 92.3 Å². The second-order valence-corrected chi connectivity index (χ2v) is 3.83. The fourth-order valence-electron chi connectivity index (χ4n) is 1.86. The number of hydrogen-bond acceptors (Lipinski definition) is 2. The number of nitrogens with one attached hydrogen (secondary N) is 1. The first-order valence-electron chi connectivity index (χ1n) is 5.13. The van der Waals surface area contributed by atoms with E-state index in [1.807, 2.05) is 0 Å². The van der Waals surface area contributed by atoms with Crippen LogP contribution in [0.15, 0.2) is 12.7 Å². The average molecular weight is 236 g/mol. The summed E-state index contributed by atoms with van der Waals surface area (Å²) in [5, 5.41) is 2.52. The lowest BCUT2D eigenvalue weighted by Crippen LogP contribution is -2.43. The fourth-order valence-corrected chi connectivity index (χ4v) is 1.86. The molecule has 3 nitrogen and oxygen atoms in total. The van der Waals surface area contributed by atoms with Crippen LogP contribution >= 0.6 is 0 Å². The first-order valence-corrected chi connectivity index (χ1v) is 5.13. The van der Waals surface area contributed by atoms with Crippen molar-refractivity contribution in [3.63, 3.8) is 0 Å². The van der Waals surface area contributed by atoms with Crippen molar-refractivity contribution in [2.45, 2.75) is 25.1 Å². The molecule has 1 atom stereocenters. The molecule has 0 aromatic carbocycles. The second kappa shape index (κ2) is 5.34. The monoisotopic (exact) mass is 236 g/mol. The minimum Gasteiger partial charge on any atom is -0.351 e. The van der Waals surface area contributed by atoms with Crippen molar-refractivity contribution < 1.29 is 18.0 Å². The summed E-state index contributed by atoms with van der Waals surface area (Å²) in [5.74, 6) is -0.348. The van der Waals surface area contributed by atoms with Crippen LogP contribution in [0.1, 0.15) is 12.8 Å². The highest BCUT2D eigenvalue weighted by molar-refractivity contribution is 5.86. The van der Waals surface area contributed by atoms with E-state index < -0.39 is 12.7 Å². The molecule has 1 N–H and O–H groups in total. The molecular weight excluding hydrogens is 221 g/mol. The van der Waals surface area contributed by atoms with Crippen molar-refractivity contribution >= 4 is 5.91 Å². The number of carbonyl (C=O) groups excluding carboxylic acids is 1. The van der Waals surface area contributed by atoms with Crippen molar-refractivity contribution in [1.29, 1.82) is 0 Å². The van der Waals surface area contributed by atoms with E-state index in [0.29, 0.717) is 13.0 Å². The largest absolute Gasteiger partial charge is 0.401 e. The summed E-state index contributed by atoms with van der Waals surface area (Å²) >= 11 is 0. The molecule has 1 aliphatic rings. The zero-order valence-corrected chi connectivity index (χ0v) is 8.89. The quantitative estimate of drug-likeness (QED) is 0.746. The number of likely N-dealkylation sites (tertiary alicyclic amines) is 1. The summed E-state index contributed by atoms with van der Waals surface area (Å²) in [6.45, 7) is 3.07. The number of hydrogen-bond donors (Lipinski definition) is 1. The number of alkyl halides is 3. The van der Waals surface area contributed by atoms with Gasteiger partial charge in [0.2, 0.25) is 5.91 Å². The molecule has 0 aliphatic carbocycles. The molecule has 0 bridgehead atoms. The number of carbonyl (C=O) groups is 1. The van der Waals surface area contributed by atoms with Gasteiger partial charge in [-0.1, -0.05) is 6.58 Å². The van der Waals surface area contributed by atoms with Crippen LogP contribution in [-0.4, -0.2) is 42.7 Å². The van der Waals surface area contributed by atoms with Gasteiger partial charge in [-0.05, 0) is 25.5 Å². The van der Waals surface area contributed by atoms with Crippen molar-refractivity contribution in [2.24, 2.45) is 0 Å². The van der Waals surface area contributed by atoms with Crippen LogP contribution in [0, 0.1) is 0 Å². The summed E-state index contributed by atoms with van der Waals surface area (Å²) in [5.41, 5.74) is 0. The molecule has 16 heavy (non-hydrogen) atoms. The Kier molecular flexibility index (Phi) is 4.35. The molecule has 0 spiro atoms. The van der Waals surface area contributed by atoms with Crippen molar-refractivity contribution in [1.82, 2.24) is 10.2 Å². The maximum Gasteiger partial charge on any atom is 0.401 e. The normalized spacial score (nSPS) is 22.1. The topological polar surface area (TPSA) is 32.3 Å². The third kappa shape index (κ3) is 4.22. The Morgan fingerprint density at radius 2 is 2.25 bits per heavy atom. The lowest BCUT2D eigenvalue weighted by atomic mass is 10.2. The van der Waals surface area contributed by atoms with E-state index in [1.165, 1.54) is 4.90 Å². The lowest BCUT2D eigenvalue weighted by molar-refractivity contribution is -0.147. The highest BCUT2D eigenvalue weighted by atomic mass is 19.4. The SMILES string of the molecule is C=CC(=O)NCC1CCCN1CC(F)(F)F. The number of amides is 1. The van der Waals surface area contributed by atoms with E-state index in [9.17, 15) is 18.0 Å². The maximum atomic E-state index is 12.2. The van der Waals surface area contributed by atoms with Crippen molar-refractivity contribution in [3.05, 3.63) is 12.7 Å². The lowest BCUT2D eigenvalue weighted by Gasteiger charge is -2.25. The van der Waals surface area contributed by atoms with E-state index in [1.54, 1.807) is 0 Å². The third-order valence-electron chi connectivity index (χ3n) is 2.58. The molecule has 1 amide bonds. The van der Waals surface area contributed by atoms with E-state index in [0.717, 1.165) is 12.5 Å². The second-order valence-electron chi connectivity index (χ2n) is 3.83. The minimum atomic E-state index is -4.18. The summed E-state index contributed by atoms with van der Waals surface area (Å²) < 4.78 is 36.6. The molecule has 6 heteroatoms. The van der Waals surface area contributed by atoms with Crippen LogP contribution in [0.3, 0.4) is 0 Å². The highest BCUT2D eigenvalue weighted by Crippen LogP contribution is 2.23. The smallest absolute Gasteiger partial charge is 0.351 e. The third-order valence-corrected chi connectivity index (χ3v) is 2.58. The van der Waals surface area contributed by atoms with Crippen LogP contribution in [0.4, 0.5) is 13.2 Å². The van der Waals surface area contributed by atoms with Crippen LogP contribution in [0.5, 0.6) is 0 Å². The van der Waals surface area contributed by atoms with Gasteiger partial charge >= 0.3 is 6.18 Å². The standard InChI is InChI=1S/C10H15F3N2O/c1-2-9(16)14-6-8-4-3-5-15(8)7-10(11,12)13/h2,8H,1,3-7H2,(H,14,16). The van der Waals surface area contributed by atoms with E-state index in [-0.39, 0.29) is 18.5 Å². The minimum absolute atomic E-state index is 0.217. The molecule has 1 unspecified atom stereocenters. The van der Waals surface area contributed by atoms with Gasteiger partial charge in [0.05, 0.1) is 6.54 Å². The maximum absolute atomic E-state index is 12.2. The number of halogens is 3. The molecule has 1 rings (SSSR count). The van der Waals surface area contributed by atoms with Gasteiger partial charge in [0.1, 0.15) is 0 Å². The zero-order chi connectivity index (χ0) is 12.2. The van der Waals surface area contributed by atoms with Gasteiger partial charge in [0.15, 0.2) is 0 Å². The molecule has 0 aromatic heterocycles. The molecule has 1 fully saturated rings. The van der Waals surface area contributed by atoms with Gasteiger partial charge in [-0.3, -0.25) is 9.69 Å². The number of nitrogens with zero attached hydrogens (tertiary/aromatic N) is 1. The molecule has 92 valence electrons. The molecule has 0 aromatic rings. The average Bonchev–Trinajstić information content (AvgIpc) is 2.59. The van der Waals surface area contributed by atoms with Gasteiger partial charge in [-0.25, -0.2) is 0 Å². The zero-order valence-electron chi connectivity index (χ0n) is 8.89. The van der Waals surface area contributed by atoms with Crippen molar-refractivity contribution in [3.8, 4) is 0 Å².